The summed E-state index contributed by atoms with van der Waals surface area (Å²) >= 11 is 0. The standard InChI is InChI=1S/C8H9F2NO/c1-5(12)11-8-4-6(9)2-3-7(8)10/h2-4,7-8H,1H3,(H,11,12). The molecule has 12 heavy (non-hydrogen) atoms. The highest BCUT2D eigenvalue weighted by atomic mass is 19.1. The first kappa shape index (κ1) is 8.90. The second kappa shape index (κ2) is 3.47. The lowest BCUT2D eigenvalue weighted by Gasteiger charge is -2.18. The van der Waals surface area contributed by atoms with E-state index in [1.807, 2.05) is 0 Å². The maximum Gasteiger partial charge on any atom is 0.217 e. The molecule has 0 aromatic heterocycles. The minimum Gasteiger partial charge on any atom is -0.347 e. The summed E-state index contributed by atoms with van der Waals surface area (Å²) in [6.45, 7) is 1.26. The Kier molecular flexibility index (Phi) is 2.58. The molecule has 0 radical (unpaired) electrons. The number of alkyl halides is 1. The Balaban J connectivity index is 2.64. The molecule has 4 heteroatoms. The van der Waals surface area contributed by atoms with Crippen LogP contribution >= 0.6 is 0 Å². The molecule has 2 unspecified atom stereocenters. The number of rotatable bonds is 1. The van der Waals surface area contributed by atoms with Gasteiger partial charge >= 0.3 is 0 Å². The molecule has 1 N–H and O–H groups in total. The zero-order chi connectivity index (χ0) is 9.14. The molecule has 1 aliphatic carbocycles. The van der Waals surface area contributed by atoms with Crippen molar-refractivity contribution in [1.82, 2.24) is 5.32 Å². The number of hydrogen-bond donors (Lipinski definition) is 1. The molecule has 2 atom stereocenters. The van der Waals surface area contributed by atoms with Gasteiger partial charge in [0.2, 0.25) is 5.91 Å². The molecule has 66 valence electrons. The molecule has 0 spiro atoms. The van der Waals surface area contributed by atoms with Gasteiger partial charge in [0.05, 0.1) is 6.04 Å². The van der Waals surface area contributed by atoms with E-state index >= 15 is 0 Å². The van der Waals surface area contributed by atoms with Crippen LogP contribution in [0.5, 0.6) is 0 Å². The first-order valence-corrected chi connectivity index (χ1v) is 3.56. The minimum atomic E-state index is -1.34. The van der Waals surface area contributed by atoms with E-state index in [1.54, 1.807) is 0 Å². The van der Waals surface area contributed by atoms with Crippen molar-refractivity contribution >= 4 is 5.91 Å². The van der Waals surface area contributed by atoms with E-state index in [4.69, 9.17) is 0 Å². The van der Waals surface area contributed by atoms with Gasteiger partial charge in [-0.1, -0.05) is 0 Å². The van der Waals surface area contributed by atoms with Crippen LogP contribution in [-0.4, -0.2) is 18.1 Å². The summed E-state index contributed by atoms with van der Waals surface area (Å²) in [4.78, 5) is 10.5. The van der Waals surface area contributed by atoms with E-state index in [0.717, 1.165) is 18.2 Å². The first-order chi connectivity index (χ1) is 5.59. The lowest BCUT2D eigenvalue weighted by atomic mass is 10.1. The lowest BCUT2D eigenvalue weighted by molar-refractivity contribution is -0.119. The topological polar surface area (TPSA) is 29.1 Å². The third kappa shape index (κ3) is 2.15. The van der Waals surface area contributed by atoms with E-state index in [-0.39, 0.29) is 5.91 Å². The predicted octanol–water partition coefficient (Wildman–Crippen LogP) is 1.25. The number of amides is 1. The smallest absolute Gasteiger partial charge is 0.217 e. The van der Waals surface area contributed by atoms with Crippen LogP contribution in [0.3, 0.4) is 0 Å². The summed E-state index contributed by atoms with van der Waals surface area (Å²) in [7, 11) is 0. The quantitative estimate of drug-likeness (QED) is 0.635. The Labute approximate surface area is 69.0 Å². The largest absolute Gasteiger partial charge is 0.347 e. The Bertz CT molecular complexity index is 247. The Morgan fingerprint density at radius 3 is 2.92 bits per heavy atom. The molecule has 0 aliphatic heterocycles. The van der Waals surface area contributed by atoms with Crippen LogP contribution in [0.4, 0.5) is 8.78 Å². The van der Waals surface area contributed by atoms with Crippen LogP contribution in [0.25, 0.3) is 0 Å². The van der Waals surface area contributed by atoms with Crippen LogP contribution in [0.2, 0.25) is 0 Å². The molecule has 2 nitrogen and oxygen atoms in total. The Morgan fingerprint density at radius 1 is 1.67 bits per heavy atom. The number of carbonyl (C=O) groups is 1. The fourth-order valence-electron chi connectivity index (χ4n) is 0.979. The maximum absolute atomic E-state index is 12.9. The van der Waals surface area contributed by atoms with Crippen molar-refractivity contribution in [2.75, 3.05) is 0 Å². The van der Waals surface area contributed by atoms with Crippen molar-refractivity contribution in [2.45, 2.75) is 19.1 Å². The van der Waals surface area contributed by atoms with E-state index in [2.05, 4.69) is 5.32 Å². The molecule has 0 bridgehead atoms. The highest BCUT2D eigenvalue weighted by Crippen LogP contribution is 2.14. The van der Waals surface area contributed by atoms with Crippen LogP contribution < -0.4 is 5.32 Å². The second-order valence-electron chi connectivity index (χ2n) is 2.58. The average Bonchev–Trinajstić information content (AvgIpc) is 1.96. The summed E-state index contributed by atoms with van der Waals surface area (Å²) in [5.41, 5.74) is 0. The minimum absolute atomic E-state index is 0.373. The van der Waals surface area contributed by atoms with Gasteiger partial charge in [0.25, 0.3) is 0 Å². The van der Waals surface area contributed by atoms with Gasteiger partial charge in [-0.3, -0.25) is 4.79 Å². The fraction of sp³-hybridized carbons (Fsp3) is 0.375. The van der Waals surface area contributed by atoms with Crippen molar-refractivity contribution in [1.29, 1.82) is 0 Å². The molecule has 0 fully saturated rings. The number of halogens is 2. The van der Waals surface area contributed by atoms with Gasteiger partial charge in [0.15, 0.2) is 0 Å². The average molecular weight is 173 g/mol. The highest BCUT2D eigenvalue weighted by Gasteiger charge is 2.20. The lowest BCUT2D eigenvalue weighted by Crippen LogP contribution is -2.39. The number of allylic oxidation sites excluding steroid dienone is 2. The molecule has 0 heterocycles. The summed E-state index contributed by atoms with van der Waals surface area (Å²) in [5.74, 6) is -0.898. The number of carbonyl (C=O) groups excluding carboxylic acids is 1. The molecule has 0 aromatic carbocycles. The van der Waals surface area contributed by atoms with Crippen molar-refractivity contribution in [3.63, 3.8) is 0 Å². The van der Waals surface area contributed by atoms with Gasteiger partial charge in [-0.25, -0.2) is 8.78 Å². The molecular weight excluding hydrogens is 164 g/mol. The Morgan fingerprint density at radius 2 is 2.33 bits per heavy atom. The van der Waals surface area contributed by atoms with Gasteiger partial charge < -0.3 is 5.32 Å². The SMILES string of the molecule is CC(=O)NC1C=C(F)C=CC1F. The van der Waals surface area contributed by atoms with Gasteiger partial charge in [-0.15, -0.1) is 0 Å². The van der Waals surface area contributed by atoms with Crippen LogP contribution in [0.15, 0.2) is 24.1 Å². The van der Waals surface area contributed by atoms with Crippen molar-refractivity contribution in [2.24, 2.45) is 0 Å². The molecule has 1 amide bonds. The fourth-order valence-corrected chi connectivity index (χ4v) is 0.979. The van der Waals surface area contributed by atoms with Crippen LogP contribution in [-0.2, 0) is 4.79 Å². The van der Waals surface area contributed by atoms with E-state index in [1.165, 1.54) is 6.92 Å². The number of nitrogens with one attached hydrogen (secondary N) is 1. The molecule has 0 aromatic rings. The van der Waals surface area contributed by atoms with E-state index < -0.39 is 18.0 Å². The summed E-state index contributed by atoms with van der Waals surface area (Å²) in [5, 5.41) is 2.28. The van der Waals surface area contributed by atoms with E-state index in [9.17, 15) is 13.6 Å². The highest BCUT2D eigenvalue weighted by molar-refractivity contribution is 5.73. The summed E-state index contributed by atoms with van der Waals surface area (Å²) in [6.07, 6.45) is 1.83. The van der Waals surface area contributed by atoms with Gasteiger partial charge in [-0.05, 0) is 18.2 Å². The Hall–Kier alpha value is -1.19. The normalized spacial score (nSPS) is 28.1. The molecule has 1 aliphatic rings. The van der Waals surface area contributed by atoms with E-state index in [0.29, 0.717) is 0 Å². The van der Waals surface area contributed by atoms with Gasteiger partial charge in [0, 0.05) is 6.92 Å². The molecular formula is C8H9F2NO. The van der Waals surface area contributed by atoms with Crippen molar-refractivity contribution in [3.05, 3.63) is 24.1 Å². The van der Waals surface area contributed by atoms with Crippen LogP contribution in [0.1, 0.15) is 6.92 Å². The van der Waals surface area contributed by atoms with Crippen molar-refractivity contribution < 1.29 is 13.6 Å². The number of hydrogen-bond acceptors (Lipinski definition) is 1. The molecule has 1 rings (SSSR count). The monoisotopic (exact) mass is 173 g/mol. The van der Waals surface area contributed by atoms with Gasteiger partial charge in [0.1, 0.15) is 12.0 Å². The molecule has 0 saturated carbocycles. The first-order valence-electron chi connectivity index (χ1n) is 3.56. The summed E-state index contributed by atoms with van der Waals surface area (Å²) in [6, 6.07) is -0.868. The van der Waals surface area contributed by atoms with Gasteiger partial charge in [-0.2, -0.15) is 0 Å². The third-order valence-electron chi connectivity index (χ3n) is 1.49. The second-order valence-corrected chi connectivity index (χ2v) is 2.58. The zero-order valence-electron chi connectivity index (χ0n) is 6.55. The summed E-state index contributed by atoms with van der Waals surface area (Å²) < 4.78 is 25.4. The zero-order valence-corrected chi connectivity index (χ0v) is 6.55. The molecule has 0 saturated heterocycles. The van der Waals surface area contributed by atoms with Crippen molar-refractivity contribution in [3.8, 4) is 0 Å². The third-order valence-corrected chi connectivity index (χ3v) is 1.49. The van der Waals surface area contributed by atoms with Crippen LogP contribution in [0, 0.1) is 0 Å². The maximum atomic E-state index is 12.9. The predicted molar refractivity (Wildman–Crippen MR) is 40.8 cm³/mol.